The third-order valence-corrected chi connectivity index (χ3v) is 2.52. The van der Waals surface area contributed by atoms with Crippen LogP contribution in [0.4, 0.5) is 5.69 Å². The summed E-state index contributed by atoms with van der Waals surface area (Å²) in [5, 5.41) is 0.521. The summed E-state index contributed by atoms with van der Waals surface area (Å²) >= 11 is 5.85. The van der Waals surface area contributed by atoms with Gasteiger partial charge in [0.1, 0.15) is 11.3 Å². The monoisotopic (exact) mass is 278 g/mol. The number of ether oxygens (including phenoxy) is 2. The van der Waals surface area contributed by atoms with Crippen molar-refractivity contribution in [3.05, 3.63) is 47.1 Å². The van der Waals surface area contributed by atoms with E-state index in [2.05, 4.69) is 9.72 Å². The lowest BCUT2D eigenvalue weighted by atomic mass is 10.2. The van der Waals surface area contributed by atoms with Crippen molar-refractivity contribution in [1.29, 1.82) is 0 Å². The zero-order valence-electron chi connectivity index (χ0n) is 10.1. The fourth-order valence-electron chi connectivity index (χ4n) is 1.45. The van der Waals surface area contributed by atoms with E-state index in [0.717, 1.165) is 0 Å². The minimum Gasteiger partial charge on any atom is -0.465 e. The van der Waals surface area contributed by atoms with Crippen molar-refractivity contribution in [3.63, 3.8) is 0 Å². The largest absolute Gasteiger partial charge is 0.465 e. The fourth-order valence-corrected chi connectivity index (χ4v) is 1.63. The summed E-state index contributed by atoms with van der Waals surface area (Å²) in [5.41, 5.74) is 6.09. The predicted molar refractivity (Wildman–Crippen MR) is 71.5 cm³/mol. The molecule has 0 unspecified atom stereocenters. The molecule has 0 aliphatic heterocycles. The van der Waals surface area contributed by atoms with Gasteiger partial charge in [-0.1, -0.05) is 17.7 Å². The highest BCUT2D eigenvalue weighted by atomic mass is 35.5. The average molecular weight is 279 g/mol. The standard InChI is InChI=1S/C13H11ClN2O3/c1-18-13(17)11-6-9(15)7-16-12(11)19-10-4-2-3-8(14)5-10/h2-7H,15H2,1H3. The van der Waals surface area contributed by atoms with Gasteiger partial charge in [0.15, 0.2) is 0 Å². The summed E-state index contributed by atoms with van der Waals surface area (Å²) in [6.07, 6.45) is 1.40. The number of nitrogens with zero attached hydrogens (tertiary/aromatic N) is 1. The number of halogens is 1. The normalized spacial score (nSPS) is 10.0. The lowest BCUT2D eigenvalue weighted by molar-refractivity contribution is 0.0597. The molecule has 0 spiro atoms. The number of benzene rings is 1. The van der Waals surface area contributed by atoms with Gasteiger partial charge < -0.3 is 15.2 Å². The van der Waals surface area contributed by atoms with Gasteiger partial charge in [0.25, 0.3) is 0 Å². The lowest BCUT2D eigenvalue weighted by Gasteiger charge is -2.09. The minimum absolute atomic E-state index is 0.114. The second kappa shape index (κ2) is 5.58. The number of aromatic nitrogens is 1. The van der Waals surface area contributed by atoms with Crippen molar-refractivity contribution in [3.8, 4) is 11.6 Å². The second-order valence-electron chi connectivity index (χ2n) is 3.67. The number of carbonyl (C=O) groups is 1. The van der Waals surface area contributed by atoms with E-state index < -0.39 is 5.97 Å². The Morgan fingerprint density at radius 3 is 2.84 bits per heavy atom. The van der Waals surface area contributed by atoms with Gasteiger partial charge in [0.2, 0.25) is 5.88 Å². The molecule has 0 bridgehead atoms. The highest BCUT2D eigenvalue weighted by molar-refractivity contribution is 6.30. The third kappa shape index (κ3) is 3.14. The van der Waals surface area contributed by atoms with Crippen LogP contribution in [0, 0.1) is 0 Å². The van der Waals surface area contributed by atoms with Crippen molar-refractivity contribution in [2.75, 3.05) is 12.8 Å². The summed E-state index contributed by atoms with van der Waals surface area (Å²) in [5.74, 6) is 0.00932. The maximum Gasteiger partial charge on any atom is 0.343 e. The quantitative estimate of drug-likeness (QED) is 0.874. The molecule has 0 fully saturated rings. The summed E-state index contributed by atoms with van der Waals surface area (Å²) in [7, 11) is 1.27. The topological polar surface area (TPSA) is 74.4 Å². The number of carbonyl (C=O) groups excluding carboxylic acids is 1. The van der Waals surface area contributed by atoms with Crippen LogP contribution in [0.3, 0.4) is 0 Å². The van der Waals surface area contributed by atoms with E-state index in [-0.39, 0.29) is 11.4 Å². The van der Waals surface area contributed by atoms with Crippen LogP contribution < -0.4 is 10.5 Å². The first-order valence-corrected chi connectivity index (χ1v) is 5.75. The Labute approximate surface area is 114 Å². The number of esters is 1. The van der Waals surface area contributed by atoms with E-state index in [1.807, 2.05) is 0 Å². The van der Waals surface area contributed by atoms with E-state index in [0.29, 0.717) is 16.5 Å². The molecule has 0 saturated heterocycles. The molecule has 1 aromatic heterocycles. The van der Waals surface area contributed by atoms with Gasteiger partial charge in [-0.2, -0.15) is 0 Å². The van der Waals surface area contributed by atoms with Crippen LogP contribution in [-0.4, -0.2) is 18.1 Å². The summed E-state index contributed by atoms with van der Waals surface area (Å²) in [6, 6.07) is 8.20. The molecule has 1 heterocycles. The van der Waals surface area contributed by atoms with E-state index in [9.17, 15) is 4.79 Å². The molecular weight excluding hydrogens is 268 g/mol. The molecule has 0 atom stereocenters. The number of hydrogen-bond acceptors (Lipinski definition) is 5. The summed E-state index contributed by atoms with van der Waals surface area (Å²) in [4.78, 5) is 15.6. The van der Waals surface area contributed by atoms with Crippen molar-refractivity contribution < 1.29 is 14.3 Å². The zero-order valence-corrected chi connectivity index (χ0v) is 10.8. The number of hydrogen-bond donors (Lipinski definition) is 1. The molecule has 0 radical (unpaired) electrons. The summed E-state index contributed by atoms with van der Waals surface area (Å²) < 4.78 is 10.2. The third-order valence-electron chi connectivity index (χ3n) is 2.29. The van der Waals surface area contributed by atoms with Crippen LogP contribution in [0.15, 0.2) is 36.5 Å². The molecular formula is C13H11ClN2O3. The minimum atomic E-state index is -0.572. The van der Waals surface area contributed by atoms with Crippen LogP contribution >= 0.6 is 11.6 Å². The van der Waals surface area contributed by atoms with Crippen molar-refractivity contribution in [2.24, 2.45) is 0 Å². The molecule has 2 N–H and O–H groups in total. The van der Waals surface area contributed by atoms with Crippen LogP contribution in [-0.2, 0) is 4.74 Å². The molecule has 0 amide bonds. The van der Waals surface area contributed by atoms with Gasteiger partial charge in [-0.15, -0.1) is 0 Å². The Kier molecular flexibility index (Phi) is 3.87. The molecule has 98 valence electrons. The number of rotatable bonds is 3. The molecule has 19 heavy (non-hydrogen) atoms. The predicted octanol–water partition coefficient (Wildman–Crippen LogP) is 2.90. The van der Waals surface area contributed by atoms with E-state index in [1.54, 1.807) is 24.3 Å². The van der Waals surface area contributed by atoms with Gasteiger partial charge in [-0.3, -0.25) is 0 Å². The van der Waals surface area contributed by atoms with Gasteiger partial charge in [-0.25, -0.2) is 9.78 Å². The highest BCUT2D eigenvalue weighted by Crippen LogP contribution is 2.26. The molecule has 0 saturated carbocycles. The average Bonchev–Trinajstić information content (AvgIpc) is 2.40. The smallest absolute Gasteiger partial charge is 0.343 e. The molecule has 0 aliphatic carbocycles. The number of pyridine rings is 1. The van der Waals surface area contributed by atoms with Crippen LogP contribution in [0.5, 0.6) is 11.6 Å². The number of methoxy groups -OCH3 is 1. The molecule has 2 rings (SSSR count). The van der Waals surface area contributed by atoms with Crippen molar-refractivity contribution in [1.82, 2.24) is 4.98 Å². The molecule has 2 aromatic rings. The zero-order chi connectivity index (χ0) is 13.8. The highest BCUT2D eigenvalue weighted by Gasteiger charge is 2.16. The van der Waals surface area contributed by atoms with Crippen molar-refractivity contribution in [2.45, 2.75) is 0 Å². The lowest BCUT2D eigenvalue weighted by Crippen LogP contribution is -2.06. The van der Waals surface area contributed by atoms with Crippen LogP contribution in [0.2, 0.25) is 5.02 Å². The number of anilines is 1. The van der Waals surface area contributed by atoms with Gasteiger partial charge in [0, 0.05) is 5.02 Å². The van der Waals surface area contributed by atoms with Gasteiger partial charge >= 0.3 is 5.97 Å². The van der Waals surface area contributed by atoms with E-state index in [1.165, 1.54) is 19.4 Å². The first-order chi connectivity index (χ1) is 9.10. The number of nitrogen functional groups attached to an aromatic ring is 1. The summed E-state index contributed by atoms with van der Waals surface area (Å²) in [6.45, 7) is 0. The maximum atomic E-state index is 11.6. The van der Waals surface area contributed by atoms with Crippen LogP contribution in [0.25, 0.3) is 0 Å². The molecule has 5 nitrogen and oxygen atoms in total. The SMILES string of the molecule is COC(=O)c1cc(N)cnc1Oc1cccc(Cl)c1. The van der Waals surface area contributed by atoms with E-state index in [4.69, 9.17) is 22.1 Å². The molecule has 0 aliphatic rings. The van der Waals surface area contributed by atoms with E-state index >= 15 is 0 Å². The van der Waals surface area contributed by atoms with Gasteiger partial charge in [-0.05, 0) is 24.3 Å². The fraction of sp³-hybridized carbons (Fsp3) is 0.0769. The Bertz CT molecular complexity index is 617. The Hall–Kier alpha value is -2.27. The Morgan fingerprint density at radius 2 is 2.16 bits per heavy atom. The Morgan fingerprint density at radius 1 is 1.37 bits per heavy atom. The van der Waals surface area contributed by atoms with Crippen molar-refractivity contribution >= 4 is 23.3 Å². The first-order valence-electron chi connectivity index (χ1n) is 5.37. The Balaban J connectivity index is 2.37. The molecule has 1 aromatic carbocycles. The number of nitrogens with two attached hydrogens (primary N) is 1. The van der Waals surface area contributed by atoms with Crippen LogP contribution in [0.1, 0.15) is 10.4 Å². The molecule has 6 heteroatoms. The second-order valence-corrected chi connectivity index (χ2v) is 4.11. The first kappa shape index (κ1) is 13.2. The van der Waals surface area contributed by atoms with Gasteiger partial charge in [0.05, 0.1) is 19.0 Å². The maximum absolute atomic E-state index is 11.6.